The van der Waals surface area contributed by atoms with Gasteiger partial charge in [0.25, 0.3) is 0 Å². The van der Waals surface area contributed by atoms with E-state index in [1.54, 1.807) is 0 Å². The molecule has 0 aliphatic carbocycles. The van der Waals surface area contributed by atoms with Gasteiger partial charge in [-0.25, -0.2) is 0 Å². The van der Waals surface area contributed by atoms with Gasteiger partial charge in [-0.05, 0) is 89.9 Å². The van der Waals surface area contributed by atoms with Crippen molar-refractivity contribution in [2.45, 2.75) is 155 Å². The minimum atomic E-state index is -0.825. The summed E-state index contributed by atoms with van der Waals surface area (Å²) >= 11 is 0. The van der Waals surface area contributed by atoms with Crippen LogP contribution in [0.1, 0.15) is 149 Å². The fraction of sp³-hybridized carbons (Fsp3) is 0.553. The van der Waals surface area contributed by atoms with Crippen LogP contribution in [0.15, 0.2) is 109 Å². The van der Waals surface area contributed by atoms with Crippen LogP contribution in [0, 0.1) is 0 Å². The van der Waals surface area contributed by atoms with Crippen molar-refractivity contribution in [2.75, 3.05) is 13.2 Å². The molecule has 0 amide bonds. The van der Waals surface area contributed by atoms with Crippen molar-refractivity contribution in [1.29, 1.82) is 0 Å². The average Bonchev–Trinajstić information content (AvgIpc) is 3.15. The maximum absolute atomic E-state index is 12.6. The van der Waals surface area contributed by atoms with Gasteiger partial charge in [-0.15, -0.1) is 0 Å². The number of allylic oxidation sites excluding steroid dienone is 18. The van der Waals surface area contributed by atoms with Gasteiger partial charge in [-0.2, -0.15) is 0 Å². The van der Waals surface area contributed by atoms with Crippen LogP contribution in [-0.2, 0) is 28.6 Å². The number of hydrogen-bond acceptors (Lipinski definition) is 6. The van der Waals surface area contributed by atoms with E-state index in [1.165, 1.54) is 0 Å². The third kappa shape index (κ3) is 39.1. The minimum Gasteiger partial charge on any atom is -0.462 e. The third-order valence-corrected chi connectivity index (χ3v) is 7.85. The number of hydrogen-bond donors (Lipinski definition) is 0. The Bertz CT molecular complexity index is 1160. The third-order valence-electron chi connectivity index (χ3n) is 7.85. The van der Waals surface area contributed by atoms with E-state index in [4.69, 9.17) is 14.2 Å². The Balaban J connectivity index is 4.53. The maximum Gasteiger partial charge on any atom is 0.306 e. The number of ether oxygens (including phenoxy) is 3. The standard InChI is InChI=1S/C47H72O6/c1-4-7-10-13-16-19-21-22-23-24-26-28-31-34-37-40-46(49)52-43-44(42-51-45(48)39-36-33-30-27-18-15-12-9-6-3)53-47(50)41-38-35-32-29-25-20-17-14-11-8-5-2/h7-13,16-23,27,29,32,44H,4-6,14-15,24-26,28,30-31,33-43H2,1-3H3/b10-7-,11-8-,12-9-,16-13-,20-17-,21-19-,23-22-,27-18-,32-29-. The molecule has 0 saturated heterocycles. The van der Waals surface area contributed by atoms with Gasteiger partial charge in [-0.1, -0.05) is 149 Å². The topological polar surface area (TPSA) is 78.9 Å². The molecule has 6 nitrogen and oxygen atoms in total. The number of carbonyl (C=O) groups is 3. The molecule has 0 saturated carbocycles. The molecule has 0 aromatic carbocycles. The molecule has 1 atom stereocenters. The summed E-state index contributed by atoms with van der Waals surface area (Å²) in [6.07, 6.45) is 53.8. The molecule has 0 spiro atoms. The molecule has 0 fully saturated rings. The lowest BCUT2D eigenvalue weighted by molar-refractivity contribution is -0.167. The first-order valence-electron chi connectivity index (χ1n) is 20.4. The van der Waals surface area contributed by atoms with Gasteiger partial charge >= 0.3 is 17.9 Å². The summed E-state index contributed by atoms with van der Waals surface area (Å²) in [6.45, 7) is 6.10. The molecule has 0 bridgehead atoms. The van der Waals surface area contributed by atoms with Gasteiger partial charge < -0.3 is 14.2 Å². The molecule has 0 N–H and O–H groups in total. The van der Waals surface area contributed by atoms with E-state index in [-0.39, 0.29) is 37.5 Å². The second kappa shape index (κ2) is 40.8. The molecule has 1 unspecified atom stereocenters. The van der Waals surface area contributed by atoms with Crippen molar-refractivity contribution < 1.29 is 28.6 Å². The van der Waals surface area contributed by atoms with Crippen molar-refractivity contribution in [2.24, 2.45) is 0 Å². The van der Waals surface area contributed by atoms with E-state index in [1.807, 2.05) is 24.3 Å². The van der Waals surface area contributed by atoms with Gasteiger partial charge in [0.1, 0.15) is 13.2 Å². The molecule has 0 aromatic rings. The smallest absolute Gasteiger partial charge is 0.306 e. The zero-order valence-electron chi connectivity index (χ0n) is 33.5. The van der Waals surface area contributed by atoms with E-state index in [0.717, 1.165) is 103 Å². The Hall–Kier alpha value is -3.93. The number of rotatable bonds is 34. The molecule has 0 radical (unpaired) electrons. The molecule has 296 valence electrons. The fourth-order valence-corrected chi connectivity index (χ4v) is 4.86. The quantitative estimate of drug-likeness (QED) is 0.0215. The summed E-state index contributed by atoms with van der Waals surface area (Å²) in [5.74, 6) is -1.06. The van der Waals surface area contributed by atoms with Crippen LogP contribution in [0.2, 0.25) is 0 Å². The van der Waals surface area contributed by atoms with Crippen molar-refractivity contribution in [3.63, 3.8) is 0 Å². The van der Waals surface area contributed by atoms with Gasteiger partial charge in [0, 0.05) is 19.3 Å². The molecule has 53 heavy (non-hydrogen) atoms. The summed E-state index contributed by atoms with van der Waals surface area (Å²) < 4.78 is 16.5. The molecule has 0 aromatic heterocycles. The maximum atomic E-state index is 12.6. The molecule has 0 aliphatic heterocycles. The van der Waals surface area contributed by atoms with Crippen LogP contribution >= 0.6 is 0 Å². The van der Waals surface area contributed by atoms with Gasteiger partial charge in [0.05, 0.1) is 0 Å². The largest absolute Gasteiger partial charge is 0.462 e. The normalized spacial score (nSPS) is 13.2. The zero-order valence-corrected chi connectivity index (χ0v) is 33.5. The van der Waals surface area contributed by atoms with Crippen LogP contribution in [0.25, 0.3) is 0 Å². The van der Waals surface area contributed by atoms with Crippen molar-refractivity contribution in [1.82, 2.24) is 0 Å². The monoisotopic (exact) mass is 733 g/mol. The van der Waals surface area contributed by atoms with E-state index >= 15 is 0 Å². The Morgan fingerprint density at radius 2 is 0.792 bits per heavy atom. The first kappa shape index (κ1) is 49.1. The lowest BCUT2D eigenvalue weighted by Crippen LogP contribution is -2.30. The second-order valence-corrected chi connectivity index (χ2v) is 12.8. The van der Waals surface area contributed by atoms with Gasteiger partial charge in [-0.3, -0.25) is 14.4 Å². The molecular formula is C47H72O6. The number of esters is 3. The van der Waals surface area contributed by atoms with Crippen LogP contribution in [0.4, 0.5) is 0 Å². The summed E-state index contributed by atoms with van der Waals surface area (Å²) in [7, 11) is 0. The molecule has 0 heterocycles. The average molecular weight is 733 g/mol. The van der Waals surface area contributed by atoms with Crippen LogP contribution in [0.5, 0.6) is 0 Å². The Kier molecular flexibility index (Phi) is 37.8. The summed E-state index contributed by atoms with van der Waals surface area (Å²) in [4.78, 5) is 37.5. The highest BCUT2D eigenvalue weighted by molar-refractivity contribution is 5.71. The van der Waals surface area contributed by atoms with Crippen molar-refractivity contribution >= 4 is 17.9 Å². The summed E-state index contributed by atoms with van der Waals surface area (Å²) in [6, 6.07) is 0. The van der Waals surface area contributed by atoms with E-state index in [0.29, 0.717) is 19.3 Å². The second-order valence-electron chi connectivity index (χ2n) is 12.8. The summed E-state index contributed by atoms with van der Waals surface area (Å²) in [5.41, 5.74) is 0. The van der Waals surface area contributed by atoms with E-state index < -0.39 is 6.10 Å². The highest BCUT2D eigenvalue weighted by Crippen LogP contribution is 2.10. The zero-order chi connectivity index (χ0) is 38.7. The first-order chi connectivity index (χ1) is 26.0. The van der Waals surface area contributed by atoms with Crippen LogP contribution in [0.3, 0.4) is 0 Å². The Morgan fingerprint density at radius 1 is 0.396 bits per heavy atom. The lowest BCUT2D eigenvalue weighted by Gasteiger charge is -2.18. The van der Waals surface area contributed by atoms with Crippen LogP contribution < -0.4 is 0 Å². The Labute approximate surface area is 323 Å². The van der Waals surface area contributed by atoms with E-state index in [9.17, 15) is 14.4 Å². The predicted octanol–water partition coefficient (Wildman–Crippen LogP) is 12.9. The molecular weight excluding hydrogens is 661 g/mol. The van der Waals surface area contributed by atoms with E-state index in [2.05, 4.69) is 106 Å². The van der Waals surface area contributed by atoms with Crippen molar-refractivity contribution in [3.05, 3.63) is 109 Å². The minimum absolute atomic E-state index is 0.124. The van der Waals surface area contributed by atoms with Gasteiger partial charge in [0.2, 0.25) is 0 Å². The number of unbranched alkanes of at least 4 members (excludes halogenated alkanes) is 8. The van der Waals surface area contributed by atoms with Gasteiger partial charge in [0.15, 0.2) is 6.10 Å². The highest BCUT2D eigenvalue weighted by Gasteiger charge is 2.19. The molecule has 0 rings (SSSR count). The first-order valence-corrected chi connectivity index (χ1v) is 20.4. The lowest BCUT2D eigenvalue weighted by atomic mass is 10.1. The highest BCUT2D eigenvalue weighted by atomic mass is 16.6. The number of carbonyl (C=O) groups excluding carboxylic acids is 3. The molecule has 0 aliphatic rings. The summed E-state index contributed by atoms with van der Waals surface area (Å²) in [5, 5.41) is 0. The Morgan fingerprint density at radius 3 is 1.38 bits per heavy atom. The predicted molar refractivity (Wildman–Crippen MR) is 223 cm³/mol. The molecule has 6 heteroatoms. The fourth-order valence-electron chi connectivity index (χ4n) is 4.86. The van der Waals surface area contributed by atoms with Crippen LogP contribution in [-0.4, -0.2) is 37.2 Å². The van der Waals surface area contributed by atoms with Crippen molar-refractivity contribution in [3.8, 4) is 0 Å². The SMILES string of the molecule is CC\C=C/C=C\C=C/C=C\CCCCCCCC(=O)OCC(COC(=O)CCCC/C=C\C/C=C\CC)OC(=O)CCC/C=C\C/C=C\C/C=C\CC.